The molecule has 1 aliphatic heterocycles. The Balaban J connectivity index is 2.13. The molecule has 0 spiro atoms. The maximum absolute atomic E-state index is 14.4. The highest BCUT2D eigenvalue weighted by atomic mass is 19.1. The molecule has 0 aromatic heterocycles. The van der Waals surface area contributed by atoms with Crippen LogP contribution in [0.5, 0.6) is 11.5 Å². The largest absolute Gasteiger partial charge is 0.453 e. The SMILES string of the molecule is O=C=NC1(c2ccc3c(c2F)OCO3)CCCC1. The highest BCUT2D eigenvalue weighted by Gasteiger charge is 2.39. The molecule has 1 saturated carbocycles. The van der Waals surface area contributed by atoms with Crippen molar-refractivity contribution >= 4 is 6.08 Å². The third-order valence-electron chi connectivity index (χ3n) is 3.67. The van der Waals surface area contributed by atoms with Gasteiger partial charge in [-0.2, -0.15) is 4.99 Å². The lowest BCUT2D eigenvalue weighted by Gasteiger charge is -2.23. The van der Waals surface area contributed by atoms with E-state index in [1.165, 1.54) is 0 Å². The molecule has 5 heteroatoms. The van der Waals surface area contributed by atoms with Crippen molar-refractivity contribution in [1.29, 1.82) is 0 Å². The van der Waals surface area contributed by atoms with Crippen molar-refractivity contribution in [2.24, 2.45) is 4.99 Å². The number of rotatable bonds is 2. The first-order valence-corrected chi connectivity index (χ1v) is 5.94. The van der Waals surface area contributed by atoms with Crippen molar-refractivity contribution in [2.75, 3.05) is 6.79 Å². The fourth-order valence-corrected chi connectivity index (χ4v) is 2.79. The highest BCUT2D eigenvalue weighted by molar-refractivity contribution is 5.49. The third kappa shape index (κ3) is 1.51. The molecular weight excluding hydrogens is 237 g/mol. The number of benzene rings is 1. The summed E-state index contributed by atoms with van der Waals surface area (Å²) in [5, 5.41) is 0. The van der Waals surface area contributed by atoms with Crippen molar-refractivity contribution in [2.45, 2.75) is 31.2 Å². The summed E-state index contributed by atoms with van der Waals surface area (Å²) in [5.41, 5.74) is -0.361. The fraction of sp³-hybridized carbons (Fsp3) is 0.462. The van der Waals surface area contributed by atoms with Gasteiger partial charge in [0.2, 0.25) is 18.6 Å². The van der Waals surface area contributed by atoms with E-state index < -0.39 is 11.4 Å². The zero-order valence-corrected chi connectivity index (χ0v) is 9.74. The van der Waals surface area contributed by atoms with Crippen LogP contribution in [0, 0.1) is 5.82 Å². The van der Waals surface area contributed by atoms with E-state index in [0.29, 0.717) is 24.2 Å². The van der Waals surface area contributed by atoms with E-state index in [2.05, 4.69) is 4.99 Å². The fourth-order valence-electron chi connectivity index (χ4n) is 2.79. The minimum Gasteiger partial charge on any atom is -0.453 e. The van der Waals surface area contributed by atoms with Gasteiger partial charge in [-0.25, -0.2) is 9.18 Å². The van der Waals surface area contributed by atoms with Gasteiger partial charge in [-0.3, -0.25) is 0 Å². The molecule has 3 rings (SSSR count). The second kappa shape index (κ2) is 4.10. The van der Waals surface area contributed by atoms with Crippen LogP contribution >= 0.6 is 0 Å². The molecule has 4 nitrogen and oxygen atoms in total. The van der Waals surface area contributed by atoms with Gasteiger partial charge in [-0.15, -0.1) is 0 Å². The van der Waals surface area contributed by atoms with Gasteiger partial charge in [-0.05, 0) is 25.0 Å². The number of hydrogen-bond acceptors (Lipinski definition) is 4. The van der Waals surface area contributed by atoms with E-state index in [0.717, 1.165) is 12.8 Å². The van der Waals surface area contributed by atoms with Crippen LogP contribution in [0.15, 0.2) is 17.1 Å². The van der Waals surface area contributed by atoms with Crippen LogP contribution in [0.1, 0.15) is 31.2 Å². The molecule has 2 aliphatic rings. The summed E-state index contributed by atoms with van der Waals surface area (Å²) >= 11 is 0. The Morgan fingerprint density at radius 3 is 2.78 bits per heavy atom. The standard InChI is InChI=1S/C13H12FNO3/c14-11-9(3-4-10-12(11)18-8-17-10)13(15-7-16)5-1-2-6-13/h3-4H,1-2,5-6,8H2. The molecule has 94 valence electrons. The predicted octanol–water partition coefficient (Wildman–Crippen LogP) is 2.66. The smallest absolute Gasteiger partial charge is 0.235 e. The second-order valence-corrected chi connectivity index (χ2v) is 4.60. The average molecular weight is 249 g/mol. The first-order valence-electron chi connectivity index (χ1n) is 5.94. The van der Waals surface area contributed by atoms with Gasteiger partial charge in [0, 0.05) is 5.56 Å². The van der Waals surface area contributed by atoms with E-state index in [4.69, 9.17) is 9.47 Å². The number of hydrogen-bond donors (Lipinski definition) is 0. The van der Waals surface area contributed by atoms with E-state index in [-0.39, 0.29) is 12.5 Å². The summed E-state index contributed by atoms with van der Waals surface area (Å²) in [7, 11) is 0. The Kier molecular flexibility index (Phi) is 2.56. The molecule has 0 unspecified atom stereocenters. The van der Waals surface area contributed by atoms with Gasteiger partial charge in [0.1, 0.15) is 5.54 Å². The summed E-state index contributed by atoms with van der Waals surface area (Å²) in [6.07, 6.45) is 4.77. The first-order chi connectivity index (χ1) is 8.77. The van der Waals surface area contributed by atoms with Crippen molar-refractivity contribution in [1.82, 2.24) is 0 Å². The van der Waals surface area contributed by atoms with Crippen LogP contribution in [0.3, 0.4) is 0 Å². The molecule has 1 heterocycles. The zero-order valence-electron chi connectivity index (χ0n) is 9.74. The van der Waals surface area contributed by atoms with Crippen molar-refractivity contribution < 1.29 is 18.7 Å². The number of aliphatic imine (C=N–C) groups is 1. The van der Waals surface area contributed by atoms with Gasteiger partial charge >= 0.3 is 0 Å². The number of fused-ring (bicyclic) bond motifs is 1. The van der Waals surface area contributed by atoms with Crippen LogP contribution in [-0.4, -0.2) is 12.9 Å². The molecule has 1 aromatic rings. The molecule has 18 heavy (non-hydrogen) atoms. The van der Waals surface area contributed by atoms with Crippen molar-refractivity contribution in [3.8, 4) is 11.5 Å². The van der Waals surface area contributed by atoms with Crippen LogP contribution in [0.4, 0.5) is 4.39 Å². The van der Waals surface area contributed by atoms with Crippen LogP contribution in [0.25, 0.3) is 0 Å². The number of nitrogens with zero attached hydrogens (tertiary/aromatic N) is 1. The molecule has 1 fully saturated rings. The molecule has 0 amide bonds. The average Bonchev–Trinajstić information content (AvgIpc) is 2.99. The Morgan fingerprint density at radius 2 is 2.06 bits per heavy atom. The topological polar surface area (TPSA) is 47.9 Å². The molecular formula is C13H12FNO3. The predicted molar refractivity (Wildman–Crippen MR) is 60.8 cm³/mol. The lowest BCUT2D eigenvalue weighted by molar-refractivity contribution is 0.170. The normalized spacial score (nSPS) is 19.6. The van der Waals surface area contributed by atoms with Gasteiger partial charge in [0.25, 0.3) is 0 Å². The van der Waals surface area contributed by atoms with E-state index in [1.807, 2.05) is 0 Å². The Bertz CT molecular complexity index is 531. The van der Waals surface area contributed by atoms with Crippen molar-refractivity contribution in [3.63, 3.8) is 0 Å². The summed E-state index contributed by atoms with van der Waals surface area (Å²) in [5.74, 6) is 0.0604. The van der Waals surface area contributed by atoms with E-state index in [9.17, 15) is 9.18 Å². The van der Waals surface area contributed by atoms with Gasteiger partial charge in [0.15, 0.2) is 11.6 Å². The quantitative estimate of drug-likeness (QED) is 0.598. The molecule has 0 N–H and O–H groups in total. The number of ether oxygens (including phenoxy) is 2. The number of carbonyl (C=O) groups excluding carboxylic acids is 1. The molecule has 0 saturated heterocycles. The maximum Gasteiger partial charge on any atom is 0.235 e. The number of halogens is 1. The summed E-state index contributed by atoms with van der Waals surface area (Å²) in [4.78, 5) is 14.5. The van der Waals surface area contributed by atoms with Crippen LogP contribution < -0.4 is 9.47 Å². The van der Waals surface area contributed by atoms with Crippen LogP contribution in [-0.2, 0) is 10.3 Å². The summed E-state index contributed by atoms with van der Waals surface area (Å²) in [6.45, 7) is 0.0274. The maximum atomic E-state index is 14.4. The van der Waals surface area contributed by atoms with Gasteiger partial charge in [0.05, 0.1) is 0 Å². The Hall–Kier alpha value is -1.87. The summed E-state index contributed by atoms with van der Waals surface area (Å²) < 4.78 is 24.6. The lowest BCUT2D eigenvalue weighted by Crippen LogP contribution is -2.20. The van der Waals surface area contributed by atoms with E-state index >= 15 is 0 Å². The molecule has 0 radical (unpaired) electrons. The van der Waals surface area contributed by atoms with Crippen molar-refractivity contribution in [3.05, 3.63) is 23.5 Å². The molecule has 1 aromatic carbocycles. The number of isocyanates is 1. The first kappa shape index (κ1) is 11.2. The van der Waals surface area contributed by atoms with Gasteiger partial charge in [-0.1, -0.05) is 12.8 Å². The minimum absolute atomic E-state index is 0.0274. The highest BCUT2D eigenvalue weighted by Crippen LogP contribution is 2.47. The lowest BCUT2D eigenvalue weighted by atomic mass is 9.88. The summed E-state index contributed by atoms with van der Waals surface area (Å²) in [6, 6.07) is 3.30. The third-order valence-corrected chi connectivity index (χ3v) is 3.67. The monoisotopic (exact) mass is 249 g/mol. The Morgan fingerprint density at radius 1 is 1.28 bits per heavy atom. The van der Waals surface area contributed by atoms with Gasteiger partial charge < -0.3 is 9.47 Å². The van der Waals surface area contributed by atoms with E-state index in [1.54, 1.807) is 18.2 Å². The zero-order chi connectivity index (χ0) is 12.6. The van der Waals surface area contributed by atoms with Crippen LogP contribution in [0.2, 0.25) is 0 Å². The second-order valence-electron chi connectivity index (χ2n) is 4.60. The molecule has 0 bridgehead atoms. The molecule has 1 aliphatic carbocycles. The molecule has 0 atom stereocenters. The minimum atomic E-state index is -0.771. The Labute approximate surface area is 103 Å².